The number of nitrogen functional groups attached to an aromatic ring is 1. The molecule has 0 aliphatic carbocycles. The van der Waals surface area contributed by atoms with Crippen LogP contribution in [0.2, 0.25) is 0 Å². The van der Waals surface area contributed by atoms with Crippen LogP contribution in [0, 0.1) is 0 Å². The van der Waals surface area contributed by atoms with Crippen LogP contribution in [0.3, 0.4) is 0 Å². The highest BCUT2D eigenvalue weighted by Gasteiger charge is 2.18. The molecule has 6 nitrogen and oxygen atoms in total. The van der Waals surface area contributed by atoms with E-state index in [0.29, 0.717) is 18.5 Å². The van der Waals surface area contributed by atoms with Crippen molar-refractivity contribution in [3.63, 3.8) is 0 Å². The van der Waals surface area contributed by atoms with Crippen LogP contribution in [0.25, 0.3) is 0 Å². The Morgan fingerprint density at radius 1 is 1.62 bits per heavy atom. The number of aromatic nitrogens is 2. The Balaban J connectivity index is 2.76. The van der Waals surface area contributed by atoms with E-state index in [4.69, 9.17) is 10.8 Å². The third-order valence-electron chi connectivity index (χ3n) is 2.50. The Hall–Kier alpha value is -1.56. The molecule has 0 saturated carbocycles. The zero-order valence-corrected chi connectivity index (χ0v) is 9.58. The zero-order valence-electron chi connectivity index (χ0n) is 9.58. The molecule has 0 aromatic carbocycles. The number of aromatic amines is 1. The summed E-state index contributed by atoms with van der Waals surface area (Å²) in [5, 5.41) is 18.2. The maximum atomic E-state index is 11.7. The SMILES string of the molecule is CCc1[nH]nc(C(=O)N[C@@H](CC)CO)c1N. The first-order chi connectivity index (χ1) is 7.63. The number of aliphatic hydroxyl groups is 1. The van der Waals surface area contributed by atoms with Crippen LogP contribution >= 0.6 is 0 Å². The van der Waals surface area contributed by atoms with Crippen molar-refractivity contribution in [1.29, 1.82) is 0 Å². The van der Waals surface area contributed by atoms with Crippen LogP contribution in [-0.4, -0.2) is 33.9 Å². The van der Waals surface area contributed by atoms with Crippen molar-refractivity contribution in [2.75, 3.05) is 12.3 Å². The fourth-order valence-corrected chi connectivity index (χ4v) is 1.36. The van der Waals surface area contributed by atoms with Gasteiger partial charge in [-0.1, -0.05) is 13.8 Å². The van der Waals surface area contributed by atoms with E-state index in [2.05, 4.69) is 15.5 Å². The molecule has 0 fully saturated rings. The van der Waals surface area contributed by atoms with Gasteiger partial charge in [-0.15, -0.1) is 0 Å². The predicted molar refractivity (Wildman–Crippen MR) is 61.0 cm³/mol. The molecule has 0 bridgehead atoms. The molecule has 1 atom stereocenters. The molecule has 1 amide bonds. The molecule has 0 aliphatic heterocycles. The number of amides is 1. The Kier molecular flexibility index (Phi) is 4.30. The Bertz CT molecular complexity index is 358. The van der Waals surface area contributed by atoms with Crippen LogP contribution in [0.1, 0.15) is 36.5 Å². The number of anilines is 1. The fourth-order valence-electron chi connectivity index (χ4n) is 1.36. The maximum Gasteiger partial charge on any atom is 0.274 e. The molecule has 1 rings (SSSR count). The monoisotopic (exact) mass is 226 g/mol. The molecule has 0 aliphatic rings. The summed E-state index contributed by atoms with van der Waals surface area (Å²) in [5.41, 5.74) is 7.09. The first kappa shape index (κ1) is 12.5. The molecule has 0 spiro atoms. The van der Waals surface area contributed by atoms with Crippen molar-refractivity contribution < 1.29 is 9.90 Å². The third-order valence-corrected chi connectivity index (χ3v) is 2.50. The minimum absolute atomic E-state index is 0.0901. The fraction of sp³-hybridized carbons (Fsp3) is 0.600. The van der Waals surface area contributed by atoms with E-state index in [1.165, 1.54) is 0 Å². The molecule has 5 N–H and O–H groups in total. The van der Waals surface area contributed by atoms with Crippen LogP contribution < -0.4 is 11.1 Å². The Morgan fingerprint density at radius 3 is 2.75 bits per heavy atom. The zero-order chi connectivity index (χ0) is 12.1. The minimum Gasteiger partial charge on any atom is -0.395 e. The van der Waals surface area contributed by atoms with Crippen molar-refractivity contribution in [2.45, 2.75) is 32.7 Å². The first-order valence-corrected chi connectivity index (χ1v) is 5.38. The number of nitrogens with two attached hydrogens (primary N) is 1. The molecule has 1 aromatic heterocycles. The number of H-pyrrole nitrogens is 1. The van der Waals surface area contributed by atoms with Gasteiger partial charge < -0.3 is 16.2 Å². The number of rotatable bonds is 5. The van der Waals surface area contributed by atoms with E-state index >= 15 is 0 Å². The average molecular weight is 226 g/mol. The van der Waals surface area contributed by atoms with Crippen LogP contribution in [0.5, 0.6) is 0 Å². The number of hydrogen-bond donors (Lipinski definition) is 4. The lowest BCUT2D eigenvalue weighted by molar-refractivity contribution is 0.0911. The predicted octanol–water partition coefficient (Wildman–Crippen LogP) is 0.0550. The van der Waals surface area contributed by atoms with Gasteiger partial charge in [0.05, 0.1) is 24.0 Å². The van der Waals surface area contributed by atoms with Gasteiger partial charge in [0.15, 0.2) is 5.69 Å². The molecule has 0 radical (unpaired) electrons. The van der Waals surface area contributed by atoms with Gasteiger partial charge in [0.2, 0.25) is 0 Å². The van der Waals surface area contributed by atoms with E-state index in [0.717, 1.165) is 5.69 Å². The van der Waals surface area contributed by atoms with E-state index in [9.17, 15) is 4.79 Å². The number of aliphatic hydroxyl groups excluding tert-OH is 1. The topological polar surface area (TPSA) is 104 Å². The summed E-state index contributed by atoms with van der Waals surface area (Å²) < 4.78 is 0. The molecule has 0 unspecified atom stereocenters. The number of aryl methyl sites for hydroxylation is 1. The summed E-state index contributed by atoms with van der Waals surface area (Å²) in [4.78, 5) is 11.7. The maximum absolute atomic E-state index is 11.7. The number of nitrogens with one attached hydrogen (secondary N) is 2. The van der Waals surface area contributed by atoms with E-state index in [-0.39, 0.29) is 24.2 Å². The number of carbonyl (C=O) groups excluding carboxylic acids is 1. The molecular weight excluding hydrogens is 208 g/mol. The van der Waals surface area contributed by atoms with Gasteiger partial charge in [0.1, 0.15) is 0 Å². The molecule has 90 valence electrons. The van der Waals surface area contributed by atoms with Gasteiger partial charge in [-0.25, -0.2) is 0 Å². The molecular formula is C10H18N4O2. The highest BCUT2D eigenvalue weighted by atomic mass is 16.3. The standard InChI is InChI=1S/C10H18N4O2/c1-3-6(5-15)12-10(16)9-8(11)7(4-2)13-14-9/h6,15H,3-5,11H2,1-2H3,(H,12,16)(H,13,14)/t6-/m0/s1. The van der Waals surface area contributed by atoms with E-state index in [1.54, 1.807) is 0 Å². The number of nitrogens with zero attached hydrogens (tertiary/aromatic N) is 1. The quantitative estimate of drug-likeness (QED) is 0.569. The van der Waals surface area contributed by atoms with E-state index < -0.39 is 0 Å². The summed E-state index contributed by atoms with van der Waals surface area (Å²) in [6.07, 6.45) is 1.36. The second-order valence-corrected chi connectivity index (χ2v) is 3.58. The second-order valence-electron chi connectivity index (χ2n) is 3.58. The summed E-state index contributed by atoms with van der Waals surface area (Å²) in [5.74, 6) is -0.352. The molecule has 16 heavy (non-hydrogen) atoms. The van der Waals surface area contributed by atoms with Crippen molar-refractivity contribution in [3.05, 3.63) is 11.4 Å². The summed E-state index contributed by atoms with van der Waals surface area (Å²) in [7, 11) is 0. The van der Waals surface area contributed by atoms with Gasteiger partial charge >= 0.3 is 0 Å². The summed E-state index contributed by atoms with van der Waals surface area (Å²) in [6, 6.07) is -0.256. The normalized spacial score (nSPS) is 12.4. The van der Waals surface area contributed by atoms with Crippen molar-refractivity contribution >= 4 is 11.6 Å². The molecule has 0 saturated heterocycles. The lowest BCUT2D eigenvalue weighted by Crippen LogP contribution is -2.37. The van der Waals surface area contributed by atoms with Gasteiger partial charge in [-0.3, -0.25) is 9.89 Å². The largest absolute Gasteiger partial charge is 0.395 e. The lowest BCUT2D eigenvalue weighted by atomic mass is 10.2. The van der Waals surface area contributed by atoms with Crippen molar-refractivity contribution in [2.24, 2.45) is 0 Å². The van der Waals surface area contributed by atoms with Crippen LogP contribution in [-0.2, 0) is 6.42 Å². The lowest BCUT2D eigenvalue weighted by Gasteiger charge is -2.12. The number of carbonyl (C=O) groups is 1. The van der Waals surface area contributed by atoms with Crippen LogP contribution in [0.4, 0.5) is 5.69 Å². The van der Waals surface area contributed by atoms with E-state index in [1.807, 2.05) is 13.8 Å². The summed E-state index contributed by atoms with van der Waals surface area (Å²) >= 11 is 0. The Labute approximate surface area is 94.2 Å². The van der Waals surface area contributed by atoms with Gasteiger partial charge in [0, 0.05) is 0 Å². The molecule has 6 heteroatoms. The smallest absolute Gasteiger partial charge is 0.274 e. The Morgan fingerprint density at radius 2 is 2.31 bits per heavy atom. The van der Waals surface area contributed by atoms with Crippen LogP contribution in [0.15, 0.2) is 0 Å². The first-order valence-electron chi connectivity index (χ1n) is 5.38. The number of hydrogen-bond acceptors (Lipinski definition) is 4. The van der Waals surface area contributed by atoms with Gasteiger partial charge in [0.25, 0.3) is 5.91 Å². The second kappa shape index (κ2) is 5.50. The third kappa shape index (κ3) is 2.52. The van der Waals surface area contributed by atoms with Gasteiger partial charge in [-0.2, -0.15) is 5.10 Å². The molecule has 1 aromatic rings. The van der Waals surface area contributed by atoms with Crippen molar-refractivity contribution in [1.82, 2.24) is 15.5 Å². The molecule has 1 heterocycles. The van der Waals surface area contributed by atoms with Gasteiger partial charge in [-0.05, 0) is 12.8 Å². The van der Waals surface area contributed by atoms with Crippen molar-refractivity contribution in [3.8, 4) is 0 Å². The average Bonchev–Trinajstić information content (AvgIpc) is 2.67. The highest BCUT2D eigenvalue weighted by Crippen LogP contribution is 2.14. The highest BCUT2D eigenvalue weighted by molar-refractivity contribution is 5.97. The summed E-state index contributed by atoms with van der Waals surface area (Å²) in [6.45, 7) is 3.72. The minimum atomic E-state index is -0.352.